The summed E-state index contributed by atoms with van der Waals surface area (Å²) in [5.74, 6) is -5.33. The number of hydrogen-bond acceptors (Lipinski definition) is 4. The van der Waals surface area contributed by atoms with Gasteiger partial charge in [-0.25, -0.2) is 18.6 Å². The van der Waals surface area contributed by atoms with Gasteiger partial charge in [0.15, 0.2) is 0 Å². The second kappa shape index (κ2) is 5.41. The van der Waals surface area contributed by atoms with Crippen molar-refractivity contribution >= 4 is 17.3 Å². The fraction of sp³-hybridized carbons (Fsp3) is 0.500. The van der Waals surface area contributed by atoms with Crippen LogP contribution in [0.15, 0.2) is 5.38 Å². The van der Waals surface area contributed by atoms with Crippen molar-refractivity contribution in [2.75, 3.05) is 6.54 Å². The summed E-state index contributed by atoms with van der Waals surface area (Å²) >= 11 is 0.836. The van der Waals surface area contributed by atoms with Crippen LogP contribution in [0.4, 0.5) is 17.6 Å². The van der Waals surface area contributed by atoms with E-state index in [9.17, 15) is 22.4 Å². The van der Waals surface area contributed by atoms with Crippen molar-refractivity contribution in [1.82, 2.24) is 10.3 Å². The number of carboxylic acid groups (broad SMARTS) is 1. The number of aromatic carboxylic acids is 1. The highest BCUT2D eigenvalue weighted by atomic mass is 32.1. The van der Waals surface area contributed by atoms with Gasteiger partial charge >= 0.3 is 18.3 Å². The predicted octanol–water partition coefficient (Wildman–Crippen LogP) is 1.83. The Bertz CT molecular complexity index is 397. The molecule has 96 valence electrons. The number of carbonyl (C=O) groups is 1. The van der Waals surface area contributed by atoms with Gasteiger partial charge in [0.2, 0.25) is 5.01 Å². The van der Waals surface area contributed by atoms with Crippen molar-refractivity contribution in [3.8, 4) is 0 Å². The molecule has 1 heterocycles. The van der Waals surface area contributed by atoms with Crippen LogP contribution in [0.25, 0.3) is 0 Å². The molecule has 0 aliphatic carbocycles. The van der Waals surface area contributed by atoms with Crippen LogP contribution in [-0.2, 0) is 6.54 Å². The average molecular weight is 272 g/mol. The summed E-state index contributed by atoms with van der Waals surface area (Å²) in [6.07, 6.45) is -3.74. The number of hydrogen-bond donors (Lipinski definition) is 2. The minimum absolute atomic E-state index is 0.178. The maximum Gasteiger partial charge on any atom is 0.365 e. The monoisotopic (exact) mass is 272 g/mol. The van der Waals surface area contributed by atoms with E-state index in [4.69, 9.17) is 5.11 Å². The number of nitrogens with one attached hydrogen (secondary N) is 1. The molecule has 0 fully saturated rings. The van der Waals surface area contributed by atoms with Crippen molar-refractivity contribution in [2.45, 2.75) is 18.9 Å². The molecule has 0 aliphatic rings. The number of thiazole rings is 1. The number of carboxylic acids is 1. The maximum absolute atomic E-state index is 12.5. The van der Waals surface area contributed by atoms with Gasteiger partial charge in [0, 0.05) is 11.9 Å². The molecule has 4 nitrogen and oxygen atoms in total. The highest BCUT2D eigenvalue weighted by molar-refractivity contribution is 7.11. The number of alkyl halides is 4. The Morgan fingerprint density at radius 2 is 2.24 bits per heavy atom. The van der Waals surface area contributed by atoms with Crippen molar-refractivity contribution in [1.29, 1.82) is 0 Å². The van der Waals surface area contributed by atoms with Gasteiger partial charge in [-0.05, 0) is 0 Å². The number of aromatic nitrogens is 1. The number of rotatable bonds is 6. The van der Waals surface area contributed by atoms with Crippen LogP contribution in [0, 0.1) is 0 Å². The molecule has 1 rings (SSSR count). The molecule has 0 amide bonds. The first kappa shape index (κ1) is 13.8. The predicted molar refractivity (Wildman–Crippen MR) is 51.7 cm³/mol. The zero-order chi connectivity index (χ0) is 13.1. The maximum atomic E-state index is 12.5. The van der Waals surface area contributed by atoms with Crippen molar-refractivity contribution in [2.24, 2.45) is 0 Å². The molecule has 0 aliphatic heterocycles. The third-order valence-corrected chi connectivity index (χ3v) is 2.60. The van der Waals surface area contributed by atoms with E-state index in [1.807, 2.05) is 0 Å². The minimum atomic E-state index is -4.11. The van der Waals surface area contributed by atoms with Gasteiger partial charge < -0.3 is 10.4 Å². The van der Waals surface area contributed by atoms with E-state index in [-0.39, 0.29) is 17.2 Å². The molecule has 1 aromatic rings. The van der Waals surface area contributed by atoms with E-state index in [1.54, 1.807) is 0 Å². The van der Waals surface area contributed by atoms with Gasteiger partial charge in [-0.2, -0.15) is 8.78 Å². The molecule has 0 saturated heterocycles. The number of nitrogens with zero attached hydrogens (tertiary/aromatic N) is 1. The topological polar surface area (TPSA) is 62.2 Å². The Balaban J connectivity index is 2.43. The third kappa shape index (κ3) is 3.93. The molecule has 9 heteroatoms. The molecular formula is C8H8F4N2O2S. The second-order valence-corrected chi connectivity index (χ2v) is 3.97. The first-order chi connectivity index (χ1) is 7.83. The molecule has 17 heavy (non-hydrogen) atoms. The average Bonchev–Trinajstić information content (AvgIpc) is 2.66. The quantitative estimate of drug-likeness (QED) is 0.776. The molecule has 2 N–H and O–H groups in total. The van der Waals surface area contributed by atoms with Crippen molar-refractivity contribution in [3.63, 3.8) is 0 Å². The highest BCUT2D eigenvalue weighted by Crippen LogP contribution is 2.21. The Kier molecular flexibility index (Phi) is 4.40. The van der Waals surface area contributed by atoms with Crippen LogP contribution >= 0.6 is 11.3 Å². The molecule has 0 bridgehead atoms. The first-order valence-corrected chi connectivity index (χ1v) is 5.25. The summed E-state index contributed by atoms with van der Waals surface area (Å²) in [4.78, 5) is 14.0. The van der Waals surface area contributed by atoms with Crippen LogP contribution < -0.4 is 5.32 Å². The van der Waals surface area contributed by atoms with Gasteiger partial charge in [-0.15, -0.1) is 11.3 Å². The zero-order valence-electron chi connectivity index (χ0n) is 8.29. The van der Waals surface area contributed by atoms with Crippen molar-refractivity contribution < 1.29 is 27.5 Å². The lowest BCUT2D eigenvalue weighted by Gasteiger charge is -2.15. The summed E-state index contributed by atoms with van der Waals surface area (Å²) < 4.78 is 48.5. The minimum Gasteiger partial charge on any atom is -0.476 e. The normalized spacial score (nSPS) is 12.1. The zero-order valence-corrected chi connectivity index (χ0v) is 9.11. The van der Waals surface area contributed by atoms with E-state index in [0.29, 0.717) is 0 Å². The summed E-state index contributed by atoms with van der Waals surface area (Å²) in [5.41, 5.74) is 0.220. The van der Waals surface area contributed by atoms with Gasteiger partial charge in [0.05, 0.1) is 12.2 Å². The Hall–Kier alpha value is -1.22. The van der Waals surface area contributed by atoms with Gasteiger partial charge in [0.25, 0.3) is 0 Å². The lowest BCUT2D eigenvalue weighted by Crippen LogP contribution is -2.38. The molecule has 0 aromatic carbocycles. The Morgan fingerprint density at radius 1 is 1.59 bits per heavy atom. The highest BCUT2D eigenvalue weighted by Gasteiger charge is 2.39. The van der Waals surface area contributed by atoms with Gasteiger partial charge in [-0.3, -0.25) is 0 Å². The molecule has 0 unspecified atom stereocenters. The molecule has 1 aromatic heterocycles. The summed E-state index contributed by atoms with van der Waals surface area (Å²) in [7, 11) is 0. The van der Waals surface area contributed by atoms with Crippen LogP contribution in [0.3, 0.4) is 0 Å². The first-order valence-electron chi connectivity index (χ1n) is 4.37. The molecule has 0 radical (unpaired) electrons. The third-order valence-electron chi connectivity index (χ3n) is 1.72. The van der Waals surface area contributed by atoms with Crippen LogP contribution in [0.5, 0.6) is 0 Å². The molecular weight excluding hydrogens is 264 g/mol. The lowest BCUT2D eigenvalue weighted by atomic mass is 10.3. The van der Waals surface area contributed by atoms with E-state index in [2.05, 4.69) is 10.3 Å². The van der Waals surface area contributed by atoms with Crippen LogP contribution in [-0.4, -0.2) is 35.0 Å². The van der Waals surface area contributed by atoms with E-state index in [1.165, 1.54) is 5.38 Å². The summed E-state index contributed by atoms with van der Waals surface area (Å²) in [6, 6.07) is 0. The SMILES string of the molecule is O=C(O)c1nc(CNCC(F)(F)C(F)F)cs1. The van der Waals surface area contributed by atoms with Gasteiger partial charge in [-0.1, -0.05) is 0 Å². The van der Waals surface area contributed by atoms with E-state index in [0.717, 1.165) is 11.3 Å². The number of halogens is 4. The second-order valence-electron chi connectivity index (χ2n) is 3.11. The Labute approximate surface area is 97.3 Å². The van der Waals surface area contributed by atoms with Crippen LogP contribution in [0.1, 0.15) is 15.5 Å². The largest absolute Gasteiger partial charge is 0.476 e. The lowest BCUT2D eigenvalue weighted by molar-refractivity contribution is -0.125. The summed E-state index contributed by atoms with van der Waals surface area (Å²) in [6.45, 7) is -1.38. The van der Waals surface area contributed by atoms with Crippen molar-refractivity contribution in [3.05, 3.63) is 16.1 Å². The molecule has 0 atom stereocenters. The standard InChI is InChI=1S/C8H8F4N2O2S/c9-7(10)8(11,12)3-13-1-4-2-17-5(14-4)6(15)16/h2,7,13H,1,3H2,(H,15,16). The fourth-order valence-electron chi connectivity index (χ4n) is 0.921. The van der Waals surface area contributed by atoms with Gasteiger partial charge in [0.1, 0.15) is 0 Å². The molecule has 0 saturated carbocycles. The smallest absolute Gasteiger partial charge is 0.365 e. The van der Waals surface area contributed by atoms with E-state index >= 15 is 0 Å². The Morgan fingerprint density at radius 3 is 2.71 bits per heavy atom. The fourth-order valence-corrected chi connectivity index (χ4v) is 1.58. The van der Waals surface area contributed by atoms with Crippen LogP contribution in [0.2, 0.25) is 0 Å². The van der Waals surface area contributed by atoms with E-state index < -0.39 is 24.9 Å². The summed E-state index contributed by atoms with van der Waals surface area (Å²) in [5, 5.41) is 11.8. The molecule has 0 spiro atoms.